The zero-order valence-corrected chi connectivity index (χ0v) is 16.7. The van der Waals surface area contributed by atoms with Gasteiger partial charge in [-0.2, -0.15) is 0 Å². The molecule has 144 valence electrons. The summed E-state index contributed by atoms with van der Waals surface area (Å²) in [5.41, 5.74) is 9.23. The molecule has 2 bridgehead atoms. The second-order valence-corrected chi connectivity index (χ2v) is 9.46. The Morgan fingerprint density at radius 3 is 2.70 bits per heavy atom. The molecule has 1 saturated heterocycles. The molecule has 2 aliphatic rings. The number of anilines is 3. The smallest absolute Gasteiger partial charge is 0.157 e. The summed E-state index contributed by atoms with van der Waals surface area (Å²) in [5, 5.41) is 3.41. The molecule has 1 aliphatic carbocycles. The third-order valence-electron chi connectivity index (χ3n) is 6.10. The summed E-state index contributed by atoms with van der Waals surface area (Å²) >= 11 is 0. The van der Waals surface area contributed by atoms with Crippen molar-refractivity contribution >= 4 is 17.3 Å². The largest absolute Gasteiger partial charge is 0.393 e. The van der Waals surface area contributed by atoms with Crippen LogP contribution in [0.5, 0.6) is 0 Å². The first-order chi connectivity index (χ1) is 12.9. The molecule has 0 radical (unpaired) electrons. The second-order valence-electron chi connectivity index (χ2n) is 9.46. The van der Waals surface area contributed by atoms with Crippen LogP contribution < -0.4 is 16.0 Å². The van der Waals surface area contributed by atoms with Gasteiger partial charge in [0.1, 0.15) is 12.0 Å². The fourth-order valence-corrected chi connectivity index (χ4v) is 5.43. The van der Waals surface area contributed by atoms with Crippen LogP contribution in [0.25, 0.3) is 0 Å². The van der Waals surface area contributed by atoms with E-state index in [-0.39, 0.29) is 0 Å². The van der Waals surface area contributed by atoms with Crippen molar-refractivity contribution < 1.29 is 0 Å². The van der Waals surface area contributed by atoms with Crippen LogP contribution in [0, 0.1) is 10.8 Å². The lowest BCUT2D eigenvalue weighted by molar-refractivity contribution is 0.136. The van der Waals surface area contributed by atoms with Crippen molar-refractivity contribution in [3.63, 3.8) is 0 Å². The van der Waals surface area contributed by atoms with E-state index in [2.05, 4.69) is 65.2 Å². The standard InChI is InChI=1S/C22H31N5/c1-21(2)11-17-12-22(3,13-21)14-27(17)20-18(23)19(25-15-26-20)24-10-9-16-7-5-4-6-8-16/h4-8,15,17H,9-14,23H2,1-3H3,(H,24,25,26). The Morgan fingerprint density at radius 2 is 1.93 bits per heavy atom. The third-order valence-corrected chi connectivity index (χ3v) is 6.10. The van der Waals surface area contributed by atoms with E-state index in [0.29, 0.717) is 22.6 Å². The molecule has 1 aromatic heterocycles. The summed E-state index contributed by atoms with van der Waals surface area (Å²) in [6.45, 7) is 9.03. The zero-order valence-electron chi connectivity index (χ0n) is 16.7. The number of nitrogen functional groups attached to an aromatic ring is 1. The molecular weight excluding hydrogens is 334 g/mol. The number of nitrogens with zero attached hydrogens (tertiary/aromatic N) is 3. The minimum atomic E-state index is 0.352. The lowest BCUT2D eigenvalue weighted by atomic mass is 9.65. The molecule has 27 heavy (non-hydrogen) atoms. The highest BCUT2D eigenvalue weighted by atomic mass is 15.3. The van der Waals surface area contributed by atoms with Gasteiger partial charge < -0.3 is 16.0 Å². The van der Waals surface area contributed by atoms with Crippen molar-refractivity contribution in [2.24, 2.45) is 10.8 Å². The Balaban J connectivity index is 1.49. The van der Waals surface area contributed by atoms with E-state index < -0.39 is 0 Å². The molecule has 4 rings (SSSR count). The minimum Gasteiger partial charge on any atom is -0.393 e. The fraction of sp³-hybridized carbons (Fsp3) is 0.545. The normalized spacial score (nSPS) is 26.2. The van der Waals surface area contributed by atoms with E-state index in [9.17, 15) is 0 Å². The molecule has 2 aromatic rings. The highest BCUT2D eigenvalue weighted by Gasteiger charge is 2.50. The predicted molar refractivity (Wildman–Crippen MR) is 112 cm³/mol. The van der Waals surface area contributed by atoms with Crippen LogP contribution in [0.15, 0.2) is 36.7 Å². The Bertz CT molecular complexity index is 804. The van der Waals surface area contributed by atoms with Crippen LogP contribution >= 0.6 is 0 Å². The van der Waals surface area contributed by atoms with E-state index in [0.717, 1.165) is 31.1 Å². The van der Waals surface area contributed by atoms with E-state index in [1.165, 1.54) is 24.8 Å². The number of benzene rings is 1. The summed E-state index contributed by atoms with van der Waals surface area (Å²) in [4.78, 5) is 11.4. The molecule has 5 nitrogen and oxygen atoms in total. The number of nitrogens with one attached hydrogen (secondary N) is 1. The number of hydrogen-bond donors (Lipinski definition) is 2. The van der Waals surface area contributed by atoms with Crippen molar-refractivity contribution in [2.45, 2.75) is 52.5 Å². The summed E-state index contributed by atoms with van der Waals surface area (Å²) in [5.74, 6) is 1.65. The molecule has 1 aliphatic heterocycles. The van der Waals surface area contributed by atoms with Crippen LogP contribution in [0.2, 0.25) is 0 Å². The van der Waals surface area contributed by atoms with E-state index in [1.54, 1.807) is 6.33 Å². The first kappa shape index (κ1) is 18.1. The van der Waals surface area contributed by atoms with Gasteiger partial charge in [0.2, 0.25) is 0 Å². The first-order valence-corrected chi connectivity index (χ1v) is 10.0. The van der Waals surface area contributed by atoms with Gasteiger partial charge in [0.25, 0.3) is 0 Å². The molecule has 2 heterocycles. The second kappa shape index (κ2) is 6.70. The predicted octanol–water partition coefficient (Wildman–Crippen LogP) is 4.12. The van der Waals surface area contributed by atoms with Gasteiger partial charge >= 0.3 is 0 Å². The minimum absolute atomic E-state index is 0.352. The maximum Gasteiger partial charge on any atom is 0.157 e. The molecular formula is C22H31N5. The van der Waals surface area contributed by atoms with Gasteiger partial charge in [-0.15, -0.1) is 0 Å². The Hall–Kier alpha value is -2.30. The van der Waals surface area contributed by atoms with Crippen LogP contribution in [-0.2, 0) is 6.42 Å². The quantitative estimate of drug-likeness (QED) is 0.834. The molecule has 1 aromatic carbocycles. The van der Waals surface area contributed by atoms with Gasteiger partial charge in [0, 0.05) is 19.1 Å². The summed E-state index contributed by atoms with van der Waals surface area (Å²) in [6, 6.07) is 11.0. The van der Waals surface area contributed by atoms with Crippen molar-refractivity contribution in [1.29, 1.82) is 0 Å². The Kier molecular flexibility index (Phi) is 4.49. The monoisotopic (exact) mass is 365 g/mol. The van der Waals surface area contributed by atoms with Crippen molar-refractivity contribution in [3.05, 3.63) is 42.2 Å². The zero-order chi connectivity index (χ0) is 19.1. The lowest BCUT2D eigenvalue weighted by Crippen LogP contribution is -2.35. The number of hydrogen-bond acceptors (Lipinski definition) is 5. The lowest BCUT2D eigenvalue weighted by Gasteiger charge is -2.39. The average molecular weight is 366 g/mol. The van der Waals surface area contributed by atoms with Crippen LogP contribution in [0.3, 0.4) is 0 Å². The first-order valence-electron chi connectivity index (χ1n) is 10.0. The van der Waals surface area contributed by atoms with Crippen molar-refractivity contribution in [2.75, 3.05) is 29.0 Å². The van der Waals surface area contributed by atoms with E-state index in [1.807, 2.05) is 6.07 Å². The topological polar surface area (TPSA) is 67.1 Å². The summed E-state index contributed by atoms with van der Waals surface area (Å²) < 4.78 is 0. The highest BCUT2D eigenvalue weighted by molar-refractivity contribution is 5.75. The molecule has 1 saturated carbocycles. The third kappa shape index (κ3) is 3.73. The Morgan fingerprint density at radius 1 is 1.15 bits per heavy atom. The molecule has 2 unspecified atom stereocenters. The molecule has 3 N–H and O–H groups in total. The highest BCUT2D eigenvalue weighted by Crippen LogP contribution is 2.53. The maximum absolute atomic E-state index is 6.51. The molecule has 0 spiro atoms. The summed E-state index contributed by atoms with van der Waals surface area (Å²) in [7, 11) is 0. The number of rotatable bonds is 5. The van der Waals surface area contributed by atoms with Crippen LogP contribution in [-0.4, -0.2) is 29.1 Å². The SMILES string of the molecule is CC1(C)CC2CC(C)(CN2c2ncnc(NCCc3ccccc3)c2N)C1. The molecule has 0 amide bonds. The van der Waals surface area contributed by atoms with Crippen LogP contribution in [0.4, 0.5) is 17.3 Å². The number of fused-ring (bicyclic) bond motifs is 2. The Labute approximate surface area is 162 Å². The maximum atomic E-state index is 6.51. The molecule has 2 fully saturated rings. The molecule has 2 atom stereocenters. The van der Waals surface area contributed by atoms with Crippen LogP contribution in [0.1, 0.15) is 45.6 Å². The van der Waals surface area contributed by atoms with Crippen molar-refractivity contribution in [1.82, 2.24) is 9.97 Å². The number of aromatic nitrogens is 2. The van der Waals surface area contributed by atoms with Crippen molar-refractivity contribution in [3.8, 4) is 0 Å². The van der Waals surface area contributed by atoms with E-state index >= 15 is 0 Å². The van der Waals surface area contributed by atoms with Gasteiger partial charge in [0.05, 0.1) is 0 Å². The average Bonchev–Trinajstić information content (AvgIpc) is 2.86. The molecule has 5 heteroatoms. The van der Waals surface area contributed by atoms with E-state index in [4.69, 9.17) is 5.73 Å². The van der Waals surface area contributed by atoms with Gasteiger partial charge in [-0.1, -0.05) is 51.1 Å². The number of nitrogens with two attached hydrogens (primary N) is 1. The summed E-state index contributed by atoms with van der Waals surface area (Å²) in [6.07, 6.45) is 6.28. The van der Waals surface area contributed by atoms with Gasteiger partial charge in [-0.05, 0) is 42.1 Å². The van der Waals surface area contributed by atoms with Gasteiger partial charge in [0.15, 0.2) is 11.6 Å². The fourth-order valence-electron chi connectivity index (χ4n) is 5.43. The van der Waals surface area contributed by atoms with Gasteiger partial charge in [-0.3, -0.25) is 0 Å². The van der Waals surface area contributed by atoms with Gasteiger partial charge in [-0.25, -0.2) is 9.97 Å².